The van der Waals surface area contributed by atoms with Gasteiger partial charge in [-0.3, -0.25) is 4.98 Å². The quantitative estimate of drug-likeness (QED) is 0.342. The predicted molar refractivity (Wildman–Crippen MR) is 142 cm³/mol. The Bertz CT molecular complexity index is 1430. The van der Waals surface area contributed by atoms with E-state index in [9.17, 15) is 9.18 Å². The number of pyridine rings is 1. The molecule has 1 atom stereocenters. The largest absolute Gasteiger partial charge is 0.444 e. The van der Waals surface area contributed by atoms with E-state index in [2.05, 4.69) is 19.9 Å². The van der Waals surface area contributed by atoms with E-state index in [-0.39, 0.29) is 12.1 Å². The Hall–Kier alpha value is -3.72. The summed E-state index contributed by atoms with van der Waals surface area (Å²) in [5, 5.41) is 1.12. The number of carbonyl (C=O) groups is 1. The number of piperazine rings is 1. The van der Waals surface area contributed by atoms with Gasteiger partial charge in [0, 0.05) is 54.9 Å². The Kier molecular flexibility index (Phi) is 6.49. The summed E-state index contributed by atoms with van der Waals surface area (Å²) in [5.41, 5.74) is 2.44. The first-order chi connectivity index (χ1) is 17.6. The minimum absolute atomic E-state index is 0.0953. The van der Waals surface area contributed by atoms with Crippen molar-refractivity contribution in [3.63, 3.8) is 0 Å². The van der Waals surface area contributed by atoms with Crippen LogP contribution in [-0.4, -0.2) is 61.8 Å². The number of benzene rings is 1. The summed E-state index contributed by atoms with van der Waals surface area (Å²) in [4.78, 5) is 30.1. The molecule has 1 aliphatic rings. The fourth-order valence-corrected chi connectivity index (χ4v) is 4.87. The molecule has 10 heteroatoms. The lowest BCUT2D eigenvalue weighted by atomic mass is 10.1. The summed E-state index contributed by atoms with van der Waals surface area (Å²) in [6.45, 7) is 9.21. The number of hydrogen-bond acceptors (Lipinski definition) is 6. The Morgan fingerprint density at radius 2 is 1.89 bits per heavy atom. The van der Waals surface area contributed by atoms with Crippen molar-refractivity contribution in [2.24, 2.45) is 0 Å². The number of anilines is 1. The summed E-state index contributed by atoms with van der Waals surface area (Å²) in [6.07, 6.45) is 6.56. The first kappa shape index (κ1) is 25.0. The summed E-state index contributed by atoms with van der Waals surface area (Å²) in [6, 6.07) is 8.12. The van der Waals surface area contributed by atoms with Crippen molar-refractivity contribution >= 4 is 34.5 Å². The molecule has 192 valence electrons. The molecule has 1 saturated heterocycles. The lowest BCUT2D eigenvalue weighted by Crippen LogP contribution is -2.55. The fraction of sp³-hybridized carbons (Fsp3) is 0.333. The van der Waals surface area contributed by atoms with E-state index < -0.39 is 11.4 Å². The number of amides is 1. The molecule has 0 spiro atoms. The van der Waals surface area contributed by atoms with Gasteiger partial charge in [-0.1, -0.05) is 11.6 Å². The normalized spacial score (nSPS) is 16.3. The molecule has 4 heterocycles. The summed E-state index contributed by atoms with van der Waals surface area (Å²) in [5.74, 6) is 0.310. The van der Waals surface area contributed by atoms with Crippen molar-refractivity contribution in [3.05, 3.63) is 66.1 Å². The molecule has 37 heavy (non-hydrogen) atoms. The highest BCUT2D eigenvalue weighted by Crippen LogP contribution is 2.37. The van der Waals surface area contributed by atoms with E-state index in [0.717, 1.165) is 22.3 Å². The molecule has 0 unspecified atom stereocenters. The molecule has 1 aliphatic heterocycles. The maximum atomic E-state index is 14.3. The van der Waals surface area contributed by atoms with Crippen LogP contribution in [0.15, 0.2) is 55.2 Å². The van der Waals surface area contributed by atoms with E-state index in [0.29, 0.717) is 36.0 Å². The molecule has 5 rings (SSSR count). The Morgan fingerprint density at radius 3 is 2.57 bits per heavy atom. The van der Waals surface area contributed by atoms with Crippen LogP contribution in [0.5, 0.6) is 0 Å². The minimum atomic E-state index is -0.561. The molecule has 0 radical (unpaired) electrons. The highest BCUT2D eigenvalue weighted by atomic mass is 35.5. The molecular weight excluding hydrogens is 495 g/mol. The van der Waals surface area contributed by atoms with E-state index in [1.807, 2.05) is 50.6 Å². The van der Waals surface area contributed by atoms with Crippen molar-refractivity contribution in [2.75, 3.05) is 24.5 Å². The average Bonchev–Trinajstić information content (AvgIpc) is 3.23. The van der Waals surface area contributed by atoms with E-state index >= 15 is 0 Å². The van der Waals surface area contributed by atoms with Crippen LogP contribution in [0.25, 0.3) is 27.8 Å². The standard InChI is InChI=1S/C27H28ClFN6O2/c1-17-14-33(9-10-34(17)26(36)37-27(2,3)4)24-23-22(18-5-7-30-8-6-18)15-35(25(23)32-16-31-24)21-12-19(28)11-20(29)13-21/h5-8,11-13,15-17H,9-10,14H2,1-4H3/t17-/m1/s1. The van der Waals surface area contributed by atoms with Gasteiger partial charge in [-0.15, -0.1) is 0 Å². The lowest BCUT2D eigenvalue weighted by molar-refractivity contribution is 0.0159. The number of hydrogen-bond donors (Lipinski definition) is 0. The monoisotopic (exact) mass is 522 g/mol. The van der Waals surface area contributed by atoms with Crippen LogP contribution >= 0.6 is 11.6 Å². The third kappa shape index (κ3) is 5.09. The Labute approximate surface area is 219 Å². The topological polar surface area (TPSA) is 76.4 Å². The maximum Gasteiger partial charge on any atom is 0.410 e. The molecule has 3 aromatic heterocycles. The SMILES string of the molecule is C[C@@H]1CN(c2ncnc3c2c(-c2ccncc2)cn3-c2cc(F)cc(Cl)c2)CCN1C(=O)OC(C)(C)C. The van der Waals surface area contributed by atoms with Gasteiger partial charge in [-0.25, -0.2) is 19.2 Å². The molecule has 0 saturated carbocycles. The van der Waals surface area contributed by atoms with Gasteiger partial charge in [-0.2, -0.15) is 0 Å². The molecule has 0 N–H and O–H groups in total. The number of nitrogens with zero attached hydrogens (tertiary/aromatic N) is 6. The van der Waals surface area contributed by atoms with Gasteiger partial charge in [0.1, 0.15) is 23.6 Å². The van der Waals surface area contributed by atoms with E-state index in [4.69, 9.17) is 16.3 Å². The molecule has 1 fully saturated rings. The first-order valence-electron chi connectivity index (χ1n) is 12.1. The number of carbonyl (C=O) groups excluding carboxylic acids is 1. The minimum Gasteiger partial charge on any atom is -0.444 e. The first-order valence-corrected chi connectivity index (χ1v) is 12.5. The van der Waals surface area contributed by atoms with E-state index in [1.165, 1.54) is 18.5 Å². The van der Waals surface area contributed by atoms with Crippen molar-refractivity contribution in [1.82, 2.24) is 24.4 Å². The number of rotatable bonds is 3. The van der Waals surface area contributed by atoms with Gasteiger partial charge >= 0.3 is 6.09 Å². The average molecular weight is 523 g/mol. The Morgan fingerprint density at radius 1 is 1.14 bits per heavy atom. The van der Waals surface area contributed by atoms with Crippen LogP contribution in [0.2, 0.25) is 5.02 Å². The summed E-state index contributed by atoms with van der Waals surface area (Å²) in [7, 11) is 0. The van der Waals surface area contributed by atoms with Gasteiger partial charge in [0.15, 0.2) is 5.65 Å². The molecule has 0 bridgehead atoms. The number of halogens is 2. The highest BCUT2D eigenvalue weighted by molar-refractivity contribution is 6.30. The van der Waals surface area contributed by atoms with Gasteiger partial charge in [0.2, 0.25) is 0 Å². The van der Waals surface area contributed by atoms with Crippen LogP contribution in [0.1, 0.15) is 27.7 Å². The molecule has 1 aromatic carbocycles. The van der Waals surface area contributed by atoms with Gasteiger partial charge < -0.3 is 19.1 Å². The zero-order valence-electron chi connectivity index (χ0n) is 21.2. The molecule has 8 nitrogen and oxygen atoms in total. The van der Waals surface area contributed by atoms with Crippen LogP contribution in [-0.2, 0) is 4.74 Å². The maximum absolute atomic E-state index is 14.3. The second-order valence-electron chi connectivity index (χ2n) is 10.1. The van der Waals surface area contributed by atoms with Crippen molar-refractivity contribution < 1.29 is 13.9 Å². The van der Waals surface area contributed by atoms with Crippen LogP contribution in [0.4, 0.5) is 15.0 Å². The molecular formula is C27H28ClFN6O2. The smallest absolute Gasteiger partial charge is 0.410 e. The van der Waals surface area contributed by atoms with Crippen molar-refractivity contribution in [2.45, 2.75) is 39.3 Å². The number of fused-ring (bicyclic) bond motifs is 1. The highest BCUT2D eigenvalue weighted by Gasteiger charge is 2.32. The van der Waals surface area contributed by atoms with Gasteiger partial charge in [0.25, 0.3) is 0 Å². The summed E-state index contributed by atoms with van der Waals surface area (Å²) < 4.78 is 21.7. The second kappa shape index (κ2) is 9.63. The van der Waals surface area contributed by atoms with Crippen molar-refractivity contribution in [3.8, 4) is 16.8 Å². The van der Waals surface area contributed by atoms with Crippen LogP contribution in [0, 0.1) is 5.82 Å². The number of ether oxygens (including phenoxy) is 1. The van der Waals surface area contributed by atoms with Crippen LogP contribution < -0.4 is 4.90 Å². The molecule has 0 aliphatic carbocycles. The lowest BCUT2D eigenvalue weighted by Gasteiger charge is -2.40. The molecule has 4 aromatic rings. The third-order valence-corrected chi connectivity index (χ3v) is 6.45. The predicted octanol–water partition coefficient (Wildman–Crippen LogP) is 5.72. The van der Waals surface area contributed by atoms with E-state index in [1.54, 1.807) is 23.4 Å². The second-order valence-corrected chi connectivity index (χ2v) is 10.6. The number of aromatic nitrogens is 4. The van der Waals surface area contributed by atoms with Gasteiger partial charge in [-0.05, 0) is 63.6 Å². The summed E-state index contributed by atoms with van der Waals surface area (Å²) >= 11 is 6.18. The van der Waals surface area contributed by atoms with Crippen molar-refractivity contribution in [1.29, 1.82) is 0 Å². The fourth-order valence-electron chi connectivity index (χ4n) is 4.65. The zero-order chi connectivity index (χ0) is 26.3. The van der Waals surface area contributed by atoms with Gasteiger partial charge in [0.05, 0.1) is 11.1 Å². The molecule has 1 amide bonds. The zero-order valence-corrected chi connectivity index (χ0v) is 21.9. The third-order valence-electron chi connectivity index (χ3n) is 6.23. The van der Waals surface area contributed by atoms with Crippen LogP contribution in [0.3, 0.4) is 0 Å². The Balaban J connectivity index is 1.58.